The molecule has 0 unspecified atom stereocenters. The summed E-state index contributed by atoms with van der Waals surface area (Å²) in [6.07, 6.45) is 6.00. The van der Waals surface area contributed by atoms with E-state index < -0.39 is 0 Å². The Hall–Kier alpha value is -2.14. The van der Waals surface area contributed by atoms with Crippen molar-refractivity contribution in [3.05, 3.63) is 36.8 Å². The zero-order valence-corrected chi connectivity index (χ0v) is 13.0. The molecule has 0 aliphatic carbocycles. The molecule has 3 heterocycles. The monoisotopic (exact) mass is 298 g/mol. The van der Waals surface area contributed by atoms with Gasteiger partial charge in [-0.1, -0.05) is 6.58 Å². The van der Waals surface area contributed by atoms with E-state index in [1.165, 1.54) is 0 Å². The quantitative estimate of drug-likeness (QED) is 0.939. The zero-order valence-electron chi connectivity index (χ0n) is 13.0. The van der Waals surface area contributed by atoms with E-state index in [-0.39, 0.29) is 0 Å². The van der Waals surface area contributed by atoms with E-state index in [0.29, 0.717) is 11.6 Å². The number of rotatable bonds is 4. The third-order valence-corrected chi connectivity index (χ3v) is 4.27. The second kappa shape index (κ2) is 6.32. The van der Waals surface area contributed by atoms with Crippen LogP contribution in [0.15, 0.2) is 31.1 Å². The summed E-state index contributed by atoms with van der Waals surface area (Å²) in [6, 6.07) is 3.89. The molecule has 1 saturated heterocycles. The molecule has 1 fully saturated rings. The SMILES string of the molecule is C=C(N)c1ccc2cncc(N3CCC(COC)CC3)c2n1. The maximum absolute atomic E-state index is 5.78. The Morgan fingerprint density at radius 1 is 1.36 bits per heavy atom. The van der Waals surface area contributed by atoms with Gasteiger partial charge in [0.2, 0.25) is 0 Å². The number of fused-ring (bicyclic) bond motifs is 1. The van der Waals surface area contributed by atoms with Gasteiger partial charge in [-0.2, -0.15) is 0 Å². The van der Waals surface area contributed by atoms with Crippen molar-refractivity contribution in [2.24, 2.45) is 11.7 Å². The topological polar surface area (TPSA) is 64.3 Å². The molecule has 0 aromatic carbocycles. The minimum absolute atomic E-state index is 0.489. The molecular formula is C17H22N4O. The maximum atomic E-state index is 5.78. The van der Waals surface area contributed by atoms with Gasteiger partial charge < -0.3 is 15.4 Å². The van der Waals surface area contributed by atoms with Gasteiger partial charge in [0.05, 0.1) is 28.8 Å². The van der Waals surface area contributed by atoms with Crippen LogP contribution in [0.25, 0.3) is 16.6 Å². The van der Waals surface area contributed by atoms with Crippen LogP contribution in [-0.2, 0) is 4.74 Å². The Morgan fingerprint density at radius 2 is 2.14 bits per heavy atom. The number of pyridine rings is 2. The van der Waals surface area contributed by atoms with E-state index in [1.54, 1.807) is 7.11 Å². The molecule has 3 rings (SSSR count). The summed E-state index contributed by atoms with van der Waals surface area (Å²) in [5, 5.41) is 1.03. The highest BCUT2D eigenvalue weighted by molar-refractivity contribution is 5.90. The predicted octanol–water partition coefficient (Wildman–Crippen LogP) is 2.42. The number of hydrogen-bond donors (Lipinski definition) is 1. The van der Waals surface area contributed by atoms with E-state index in [2.05, 4.69) is 21.4 Å². The first-order chi connectivity index (χ1) is 10.7. The standard InChI is InChI=1S/C17H22N4O/c1-12(18)15-4-3-14-9-19-10-16(17(14)20-15)21-7-5-13(6-8-21)11-22-2/h3-4,9-10,13H,1,5-8,11,18H2,2H3. The van der Waals surface area contributed by atoms with Crippen molar-refractivity contribution in [1.82, 2.24) is 9.97 Å². The van der Waals surface area contributed by atoms with Gasteiger partial charge in [0.15, 0.2) is 0 Å². The Bertz CT molecular complexity index is 677. The van der Waals surface area contributed by atoms with Crippen LogP contribution in [-0.4, -0.2) is 36.8 Å². The van der Waals surface area contributed by atoms with Gasteiger partial charge in [-0.05, 0) is 30.9 Å². The van der Waals surface area contributed by atoms with E-state index in [0.717, 1.165) is 54.8 Å². The van der Waals surface area contributed by atoms with E-state index >= 15 is 0 Å². The summed E-state index contributed by atoms with van der Waals surface area (Å²) >= 11 is 0. The largest absolute Gasteiger partial charge is 0.397 e. The first-order valence-electron chi connectivity index (χ1n) is 7.62. The number of nitrogens with two attached hydrogens (primary N) is 1. The number of ether oxygens (including phenoxy) is 1. The molecule has 22 heavy (non-hydrogen) atoms. The van der Waals surface area contributed by atoms with Crippen LogP contribution in [0.2, 0.25) is 0 Å². The highest BCUT2D eigenvalue weighted by atomic mass is 16.5. The van der Waals surface area contributed by atoms with Crippen molar-refractivity contribution >= 4 is 22.3 Å². The Balaban J connectivity index is 1.90. The zero-order chi connectivity index (χ0) is 15.5. The molecule has 1 aliphatic rings. The summed E-state index contributed by atoms with van der Waals surface area (Å²) in [4.78, 5) is 11.4. The lowest BCUT2D eigenvalue weighted by molar-refractivity contribution is 0.139. The van der Waals surface area contributed by atoms with Crippen LogP contribution in [0.3, 0.4) is 0 Å². The van der Waals surface area contributed by atoms with Crippen LogP contribution in [0.1, 0.15) is 18.5 Å². The highest BCUT2D eigenvalue weighted by Crippen LogP contribution is 2.29. The van der Waals surface area contributed by atoms with E-state index in [9.17, 15) is 0 Å². The molecular weight excluding hydrogens is 276 g/mol. The fourth-order valence-electron chi connectivity index (χ4n) is 3.02. The lowest BCUT2D eigenvalue weighted by Crippen LogP contribution is -2.35. The third kappa shape index (κ3) is 2.90. The number of hydrogen-bond acceptors (Lipinski definition) is 5. The van der Waals surface area contributed by atoms with Gasteiger partial charge in [0.25, 0.3) is 0 Å². The number of aromatic nitrogens is 2. The predicted molar refractivity (Wildman–Crippen MR) is 89.6 cm³/mol. The summed E-state index contributed by atoms with van der Waals surface area (Å²) < 4.78 is 5.27. The lowest BCUT2D eigenvalue weighted by atomic mass is 9.97. The molecule has 5 nitrogen and oxygen atoms in total. The average Bonchev–Trinajstić information content (AvgIpc) is 2.55. The van der Waals surface area contributed by atoms with Gasteiger partial charge in [-0.3, -0.25) is 4.98 Å². The number of piperidine rings is 1. The van der Waals surface area contributed by atoms with Crippen molar-refractivity contribution in [2.75, 3.05) is 31.7 Å². The van der Waals surface area contributed by atoms with Crippen molar-refractivity contribution in [3.63, 3.8) is 0 Å². The molecule has 1 aliphatic heterocycles. The summed E-state index contributed by atoms with van der Waals surface area (Å²) in [5.74, 6) is 0.650. The molecule has 2 aromatic heterocycles. The number of methoxy groups -OCH3 is 1. The maximum Gasteiger partial charge on any atom is 0.0974 e. The third-order valence-electron chi connectivity index (χ3n) is 4.27. The second-order valence-electron chi connectivity index (χ2n) is 5.84. The smallest absolute Gasteiger partial charge is 0.0974 e. The van der Waals surface area contributed by atoms with Crippen LogP contribution < -0.4 is 10.6 Å². The van der Waals surface area contributed by atoms with Gasteiger partial charge in [-0.15, -0.1) is 0 Å². The first-order valence-corrected chi connectivity index (χ1v) is 7.62. The van der Waals surface area contributed by atoms with E-state index in [1.807, 2.05) is 24.5 Å². The molecule has 0 radical (unpaired) electrons. The second-order valence-corrected chi connectivity index (χ2v) is 5.84. The molecule has 0 atom stereocenters. The van der Waals surface area contributed by atoms with Crippen molar-refractivity contribution in [2.45, 2.75) is 12.8 Å². The minimum atomic E-state index is 0.489. The molecule has 5 heteroatoms. The summed E-state index contributed by atoms with van der Waals surface area (Å²) in [5.41, 5.74) is 9.03. The molecule has 2 aromatic rings. The first kappa shape index (κ1) is 14.8. The Kier molecular flexibility index (Phi) is 4.24. The number of anilines is 1. The number of nitrogens with zero attached hydrogens (tertiary/aromatic N) is 3. The van der Waals surface area contributed by atoms with Crippen molar-refractivity contribution in [1.29, 1.82) is 0 Å². The fourth-order valence-corrected chi connectivity index (χ4v) is 3.02. The van der Waals surface area contributed by atoms with Crippen molar-refractivity contribution < 1.29 is 4.74 Å². The highest BCUT2D eigenvalue weighted by Gasteiger charge is 2.21. The lowest BCUT2D eigenvalue weighted by Gasteiger charge is -2.33. The summed E-state index contributed by atoms with van der Waals surface area (Å²) in [6.45, 7) is 6.63. The molecule has 116 valence electrons. The molecule has 0 spiro atoms. The summed E-state index contributed by atoms with van der Waals surface area (Å²) in [7, 11) is 1.77. The van der Waals surface area contributed by atoms with Crippen LogP contribution in [0, 0.1) is 5.92 Å². The Labute approximate surface area is 130 Å². The Morgan fingerprint density at radius 3 is 2.82 bits per heavy atom. The minimum Gasteiger partial charge on any atom is -0.397 e. The van der Waals surface area contributed by atoms with Gasteiger partial charge >= 0.3 is 0 Å². The van der Waals surface area contributed by atoms with E-state index in [4.69, 9.17) is 10.5 Å². The molecule has 0 amide bonds. The van der Waals surface area contributed by atoms with Crippen LogP contribution in [0.4, 0.5) is 5.69 Å². The molecule has 0 bridgehead atoms. The average molecular weight is 298 g/mol. The van der Waals surface area contributed by atoms with Gasteiger partial charge in [0, 0.05) is 38.4 Å². The normalized spacial score (nSPS) is 16.1. The van der Waals surface area contributed by atoms with Crippen LogP contribution >= 0.6 is 0 Å². The molecule has 0 saturated carbocycles. The fraction of sp³-hybridized carbons (Fsp3) is 0.412. The van der Waals surface area contributed by atoms with Gasteiger partial charge in [-0.25, -0.2) is 4.98 Å². The molecule has 2 N–H and O–H groups in total. The van der Waals surface area contributed by atoms with Crippen molar-refractivity contribution in [3.8, 4) is 0 Å². The van der Waals surface area contributed by atoms with Gasteiger partial charge in [0.1, 0.15) is 0 Å². The van der Waals surface area contributed by atoms with Crippen LogP contribution in [0.5, 0.6) is 0 Å².